The van der Waals surface area contributed by atoms with Gasteiger partial charge in [-0.25, -0.2) is 0 Å². The molecule has 148 valence electrons. The molecule has 2 rings (SSSR count). The third-order valence-corrected chi connectivity index (χ3v) is 4.75. The Balaban J connectivity index is 2.59. The van der Waals surface area contributed by atoms with E-state index in [-0.39, 0.29) is 16.6 Å². The van der Waals surface area contributed by atoms with Gasteiger partial charge in [0.1, 0.15) is 0 Å². The van der Waals surface area contributed by atoms with E-state index >= 15 is 0 Å². The van der Waals surface area contributed by atoms with Gasteiger partial charge in [0, 0.05) is 11.1 Å². The maximum Gasteiger partial charge on any atom is 0.159 e. The highest BCUT2D eigenvalue weighted by Crippen LogP contribution is 2.29. The first kappa shape index (κ1) is 21.9. The summed E-state index contributed by atoms with van der Waals surface area (Å²) in [6, 6.07) is 16.7. The largest absolute Gasteiger partial charge is 0.295 e. The van der Waals surface area contributed by atoms with E-state index < -0.39 is 0 Å². The molecule has 2 aromatic carbocycles. The van der Waals surface area contributed by atoms with E-state index in [1.165, 1.54) is 11.1 Å². The predicted octanol–water partition coefficient (Wildman–Crippen LogP) is 7.60. The summed E-state index contributed by atoms with van der Waals surface area (Å²) in [5.74, 6) is 0.0889. The number of hydrogen-bond donors (Lipinski definition) is 0. The molecule has 0 saturated carbocycles. The van der Waals surface area contributed by atoms with Crippen LogP contribution in [0, 0.1) is 5.41 Å². The fraction of sp³-hybridized carbons (Fsp3) is 0.407. The Labute approximate surface area is 171 Å². The van der Waals surface area contributed by atoms with E-state index in [0.29, 0.717) is 0 Å². The van der Waals surface area contributed by atoms with Crippen molar-refractivity contribution in [3.05, 3.63) is 82.1 Å². The second kappa shape index (κ2) is 8.33. The van der Waals surface area contributed by atoms with Gasteiger partial charge in [-0.15, -0.1) is 5.73 Å². The maximum atomic E-state index is 11.6. The van der Waals surface area contributed by atoms with E-state index in [4.69, 9.17) is 0 Å². The zero-order chi connectivity index (χ0) is 21.1. The molecular formula is C27H34O. The molecule has 0 bridgehead atoms. The Morgan fingerprint density at radius 1 is 0.750 bits per heavy atom. The topological polar surface area (TPSA) is 17.1 Å². The highest BCUT2D eigenvalue weighted by Gasteiger charge is 2.15. The van der Waals surface area contributed by atoms with Gasteiger partial charge in [0.15, 0.2) is 5.78 Å². The van der Waals surface area contributed by atoms with Crippen LogP contribution in [-0.4, -0.2) is 5.78 Å². The molecule has 0 aliphatic heterocycles. The molecule has 0 spiro atoms. The minimum Gasteiger partial charge on any atom is -0.295 e. The van der Waals surface area contributed by atoms with Gasteiger partial charge in [0.2, 0.25) is 0 Å². The first-order valence-electron chi connectivity index (χ1n) is 10.1. The molecule has 0 N–H and O–H groups in total. The van der Waals surface area contributed by atoms with Gasteiger partial charge in [0.25, 0.3) is 0 Å². The zero-order valence-electron chi connectivity index (χ0n) is 18.7. The monoisotopic (exact) mass is 374 g/mol. The average Bonchev–Trinajstić information content (AvgIpc) is 2.57. The third kappa shape index (κ3) is 6.08. The standard InChI is InChI=1S/C27H34O/c1-19(18-26(3,4)5)17-25(22-11-9-21(10-12-22)20(2)28)23-13-15-24(16-14-23)27(6,7)8/h9-16H,18H2,1-8H3. The van der Waals surface area contributed by atoms with Crippen molar-refractivity contribution in [3.63, 3.8) is 0 Å². The van der Waals surface area contributed by atoms with Crippen LogP contribution < -0.4 is 0 Å². The van der Waals surface area contributed by atoms with Crippen LogP contribution in [0.4, 0.5) is 0 Å². The quantitative estimate of drug-likeness (QED) is 0.398. The highest BCUT2D eigenvalue weighted by molar-refractivity contribution is 5.94. The van der Waals surface area contributed by atoms with Crippen LogP contribution in [-0.2, 0) is 5.41 Å². The summed E-state index contributed by atoms with van der Waals surface area (Å²) in [7, 11) is 0. The summed E-state index contributed by atoms with van der Waals surface area (Å²) in [5.41, 5.74) is 10.6. The first-order chi connectivity index (χ1) is 12.9. The lowest BCUT2D eigenvalue weighted by Gasteiger charge is -2.20. The second-order valence-electron chi connectivity index (χ2n) is 9.98. The summed E-state index contributed by atoms with van der Waals surface area (Å²) < 4.78 is 0. The number of carbonyl (C=O) groups is 1. The van der Waals surface area contributed by atoms with Crippen LogP contribution in [0.5, 0.6) is 0 Å². The number of carbonyl (C=O) groups excluding carboxylic acids is 1. The number of Topliss-reactive ketones (excluding diaryl/α,β-unsaturated/α-hetero) is 1. The van der Waals surface area contributed by atoms with Crippen molar-refractivity contribution >= 4 is 11.4 Å². The zero-order valence-corrected chi connectivity index (χ0v) is 18.7. The maximum absolute atomic E-state index is 11.6. The summed E-state index contributed by atoms with van der Waals surface area (Å²) in [6.45, 7) is 17.2. The normalized spacial score (nSPS) is 11.7. The molecule has 0 fully saturated rings. The molecule has 0 amide bonds. The summed E-state index contributed by atoms with van der Waals surface area (Å²) in [4.78, 5) is 11.6. The number of hydrogen-bond acceptors (Lipinski definition) is 1. The molecule has 0 aliphatic rings. The van der Waals surface area contributed by atoms with Gasteiger partial charge in [0.05, 0.1) is 0 Å². The highest BCUT2D eigenvalue weighted by atomic mass is 16.1. The summed E-state index contributed by atoms with van der Waals surface area (Å²) in [6.07, 6.45) is 0.988. The molecular weight excluding hydrogens is 340 g/mol. The molecule has 0 aliphatic carbocycles. The van der Waals surface area contributed by atoms with E-state index in [1.807, 2.05) is 24.3 Å². The second-order valence-corrected chi connectivity index (χ2v) is 9.98. The molecule has 0 radical (unpaired) electrons. The lowest BCUT2D eigenvalue weighted by Crippen LogP contribution is -2.10. The molecule has 28 heavy (non-hydrogen) atoms. The predicted molar refractivity (Wildman–Crippen MR) is 121 cm³/mol. The van der Waals surface area contributed by atoms with Crippen molar-refractivity contribution < 1.29 is 4.79 Å². The molecule has 1 nitrogen and oxygen atoms in total. The van der Waals surface area contributed by atoms with Crippen molar-refractivity contribution in [3.8, 4) is 0 Å². The molecule has 1 heteroatoms. The fourth-order valence-corrected chi connectivity index (χ4v) is 3.37. The minimum absolute atomic E-state index is 0.0889. The van der Waals surface area contributed by atoms with Crippen molar-refractivity contribution in [1.82, 2.24) is 0 Å². The van der Waals surface area contributed by atoms with E-state index in [1.54, 1.807) is 6.92 Å². The van der Waals surface area contributed by atoms with Crippen LogP contribution in [0.3, 0.4) is 0 Å². The lowest BCUT2D eigenvalue weighted by atomic mass is 9.85. The van der Waals surface area contributed by atoms with Gasteiger partial charge in [-0.05, 0) is 53.4 Å². The van der Waals surface area contributed by atoms with Gasteiger partial charge >= 0.3 is 0 Å². The molecule has 0 atom stereocenters. The minimum atomic E-state index is 0.0889. The Hall–Kier alpha value is -2.37. The average molecular weight is 375 g/mol. The van der Waals surface area contributed by atoms with Gasteiger partial charge in [-0.2, -0.15) is 0 Å². The number of allylic oxidation sites excluding steroid dienone is 1. The summed E-state index contributed by atoms with van der Waals surface area (Å²) in [5, 5.41) is 0. The van der Waals surface area contributed by atoms with Crippen molar-refractivity contribution in [2.24, 2.45) is 5.41 Å². The smallest absolute Gasteiger partial charge is 0.159 e. The van der Waals surface area contributed by atoms with Crippen molar-refractivity contribution in [2.45, 2.75) is 67.2 Å². The van der Waals surface area contributed by atoms with Crippen LogP contribution in [0.15, 0.2) is 59.8 Å². The van der Waals surface area contributed by atoms with Gasteiger partial charge in [-0.1, -0.05) is 90.1 Å². The van der Waals surface area contributed by atoms with Crippen LogP contribution in [0.25, 0.3) is 5.57 Å². The number of ketones is 1. The SMILES string of the molecule is CC(=O)c1ccc(C(=C=C(C)CC(C)(C)C)c2ccc(C(C)(C)C)cc2)cc1. The van der Waals surface area contributed by atoms with E-state index in [2.05, 4.69) is 78.5 Å². The van der Waals surface area contributed by atoms with Crippen LogP contribution in [0.1, 0.15) is 88.9 Å². The molecule has 0 heterocycles. The van der Waals surface area contributed by atoms with E-state index in [0.717, 1.165) is 28.7 Å². The van der Waals surface area contributed by atoms with Crippen LogP contribution in [0.2, 0.25) is 0 Å². The first-order valence-corrected chi connectivity index (χ1v) is 10.1. The Bertz CT molecular complexity index is 889. The Morgan fingerprint density at radius 2 is 1.18 bits per heavy atom. The number of rotatable bonds is 4. The molecule has 0 aromatic heterocycles. The number of benzene rings is 2. The molecule has 0 unspecified atom stereocenters. The Morgan fingerprint density at radius 3 is 1.57 bits per heavy atom. The summed E-state index contributed by atoms with van der Waals surface area (Å²) >= 11 is 0. The lowest BCUT2D eigenvalue weighted by molar-refractivity contribution is 0.101. The Kier molecular flexibility index (Phi) is 6.52. The van der Waals surface area contributed by atoms with Gasteiger partial charge < -0.3 is 0 Å². The van der Waals surface area contributed by atoms with Crippen molar-refractivity contribution in [1.29, 1.82) is 0 Å². The molecule has 2 aromatic rings. The van der Waals surface area contributed by atoms with Crippen molar-refractivity contribution in [2.75, 3.05) is 0 Å². The third-order valence-electron chi connectivity index (χ3n) is 4.75. The van der Waals surface area contributed by atoms with E-state index in [9.17, 15) is 4.79 Å². The van der Waals surface area contributed by atoms with Gasteiger partial charge in [-0.3, -0.25) is 4.79 Å². The van der Waals surface area contributed by atoms with Crippen LogP contribution >= 0.6 is 0 Å². The fourth-order valence-electron chi connectivity index (χ4n) is 3.37. The molecule has 0 saturated heterocycles.